The van der Waals surface area contributed by atoms with Gasteiger partial charge in [-0.3, -0.25) is 0 Å². The monoisotopic (exact) mass is 235 g/mol. The van der Waals surface area contributed by atoms with E-state index in [2.05, 4.69) is 6.92 Å². The maximum atomic E-state index is 12.8. The van der Waals surface area contributed by atoms with Crippen LogP contribution in [0.3, 0.4) is 0 Å². The van der Waals surface area contributed by atoms with Crippen LogP contribution in [0.1, 0.15) is 44.6 Å². The highest BCUT2D eigenvalue weighted by Gasteiger charge is 2.30. The van der Waals surface area contributed by atoms with Gasteiger partial charge < -0.3 is 5.73 Å². The molecule has 94 valence electrons. The number of nitrogens with two attached hydrogens (primary N) is 1. The van der Waals surface area contributed by atoms with Crippen LogP contribution < -0.4 is 5.73 Å². The molecule has 1 aromatic carbocycles. The van der Waals surface area contributed by atoms with Crippen LogP contribution in [-0.2, 0) is 6.42 Å². The van der Waals surface area contributed by atoms with Gasteiger partial charge in [-0.1, -0.05) is 25.5 Å². The van der Waals surface area contributed by atoms with E-state index < -0.39 is 0 Å². The van der Waals surface area contributed by atoms with Gasteiger partial charge in [-0.2, -0.15) is 0 Å². The van der Waals surface area contributed by atoms with E-state index in [1.54, 1.807) is 0 Å². The van der Waals surface area contributed by atoms with Gasteiger partial charge in [-0.25, -0.2) is 4.39 Å². The Hall–Kier alpha value is -0.890. The van der Waals surface area contributed by atoms with Crippen LogP contribution in [0.25, 0.3) is 0 Å². The number of benzene rings is 1. The second-order valence-corrected chi connectivity index (χ2v) is 5.52. The molecular formula is C15H22FN. The van der Waals surface area contributed by atoms with Crippen molar-refractivity contribution in [3.63, 3.8) is 0 Å². The second-order valence-electron chi connectivity index (χ2n) is 5.52. The zero-order chi connectivity index (χ0) is 12.3. The number of hydrogen-bond donors (Lipinski definition) is 1. The SMILES string of the molecule is CCC1CCC(N)(Cc2ccc(F)cc2)CC1. The van der Waals surface area contributed by atoms with Gasteiger partial charge in [0.25, 0.3) is 0 Å². The predicted molar refractivity (Wildman–Crippen MR) is 69.3 cm³/mol. The molecule has 17 heavy (non-hydrogen) atoms. The molecule has 2 heteroatoms. The lowest BCUT2D eigenvalue weighted by Crippen LogP contribution is -2.45. The zero-order valence-electron chi connectivity index (χ0n) is 10.6. The first-order chi connectivity index (χ1) is 8.11. The standard InChI is InChI=1S/C15H22FN/c1-2-12-7-9-15(17,10-8-12)11-13-3-5-14(16)6-4-13/h3-6,12H,2,7-11,17H2,1H3. The van der Waals surface area contributed by atoms with Crippen LogP contribution in [0, 0.1) is 11.7 Å². The summed E-state index contributed by atoms with van der Waals surface area (Å²) in [7, 11) is 0. The Labute approximate surface area is 103 Å². The second kappa shape index (κ2) is 5.18. The van der Waals surface area contributed by atoms with Crippen LogP contribution in [0.15, 0.2) is 24.3 Å². The van der Waals surface area contributed by atoms with Crippen molar-refractivity contribution in [2.24, 2.45) is 11.7 Å². The summed E-state index contributed by atoms with van der Waals surface area (Å²) in [6, 6.07) is 6.76. The third-order valence-corrected chi connectivity index (χ3v) is 4.15. The number of hydrogen-bond acceptors (Lipinski definition) is 1. The van der Waals surface area contributed by atoms with E-state index in [1.165, 1.54) is 31.4 Å². The first-order valence-corrected chi connectivity index (χ1v) is 6.65. The van der Waals surface area contributed by atoms with Crippen LogP contribution in [-0.4, -0.2) is 5.54 Å². The molecule has 0 atom stereocenters. The van der Waals surface area contributed by atoms with Crippen molar-refractivity contribution in [3.8, 4) is 0 Å². The molecule has 0 aliphatic heterocycles. The van der Waals surface area contributed by atoms with Crippen LogP contribution in [0.5, 0.6) is 0 Å². The normalized spacial score (nSPS) is 29.2. The Morgan fingerprint density at radius 1 is 1.24 bits per heavy atom. The molecule has 1 fully saturated rings. The predicted octanol–water partition coefficient (Wildman–Crippen LogP) is 3.67. The summed E-state index contributed by atoms with van der Waals surface area (Å²) >= 11 is 0. The fourth-order valence-corrected chi connectivity index (χ4v) is 2.85. The Morgan fingerprint density at radius 3 is 2.35 bits per heavy atom. The lowest BCUT2D eigenvalue weighted by atomic mass is 9.73. The molecule has 2 N–H and O–H groups in total. The molecule has 0 unspecified atom stereocenters. The highest BCUT2D eigenvalue weighted by atomic mass is 19.1. The van der Waals surface area contributed by atoms with Gasteiger partial charge in [0, 0.05) is 5.54 Å². The van der Waals surface area contributed by atoms with E-state index in [0.717, 1.165) is 30.7 Å². The van der Waals surface area contributed by atoms with E-state index >= 15 is 0 Å². The molecule has 1 saturated carbocycles. The smallest absolute Gasteiger partial charge is 0.123 e. The van der Waals surface area contributed by atoms with E-state index in [4.69, 9.17) is 5.73 Å². The lowest BCUT2D eigenvalue weighted by Gasteiger charge is -2.37. The minimum absolute atomic E-state index is 0.0660. The summed E-state index contributed by atoms with van der Waals surface area (Å²) in [5, 5.41) is 0. The molecule has 0 amide bonds. The average molecular weight is 235 g/mol. The van der Waals surface area contributed by atoms with Gasteiger partial charge >= 0.3 is 0 Å². The van der Waals surface area contributed by atoms with Gasteiger partial charge in [0.1, 0.15) is 5.82 Å². The fraction of sp³-hybridized carbons (Fsp3) is 0.600. The highest BCUT2D eigenvalue weighted by molar-refractivity contribution is 5.19. The van der Waals surface area contributed by atoms with Crippen molar-refractivity contribution in [3.05, 3.63) is 35.6 Å². The molecule has 0 saturated heterocycles. The van der Waals surface area contributed by atoms with E-state index in [-0.39, 0.29) is 11.4 Å². The Kier molecular flexibility index (Phi) is 3.82. The lowest BCUT2D eigenvalue weighted by molar-refractivity contribution is 0.228. The molecule has 0 bridgehead atoms. The summed E-state index contributed by atoms with van der Waals surface area (Å²) in [6.45, 7) is 2.26. The summed E-state index contributed by atoms with van der Waals surface area (Å²) in [5.74, 6) is 0.689. The molecule has 1 aliphatic carbocycles. The van der Waals surface area contributed by atoms with Crippen molar-refractivity contribution >= 4 is 0 Å². The molecule has 0 heterocycles. The minimum Gasteiger partial charge on any atom is -0.325 e. The summed E-state index contributed by atoms with van der Waals surface area (Å²) in [5.41, 5.74) is 7.54. The van der Waals surface area contributed by atoms with E-state index in [1.807, 2.05) is 12.1 Å². The van der Waals surface area contributed by atoms with Crippen molar-refractivity contribution < 1.29 is 4.39 Å². The van der Waals surface area contributed by atoms with E-state index in [9.17, 15) is 4.39 Å². The fourth-order valence-electron chi connectivity index (χ4n) is 2.85. The van der Waals surface area contributed by atoms with Gasteiger partial charge in [0.05, 0.1) is 0 Å². The van der Waals surface area contributed by atoms with Crippen LogP contribution in [0.4, 0.5) is 4.39 Å². The van der Waals surface area contributed by atoms with Crippen molar-refractivity contribution in [1.29, 1.82) is 0 Å². The Balaban J connectivity index is 1.96. The molecule has 1 nitrogen and oxygen atoms in total. The minimum atomic E-state index is -0.172. The quantitative estimate of drug-likeness (QED) is 0.850. The van der Waals surface area contributed by atoms with Crippen molar-refractivity contribution in [2.75, 3.05) is 0 Å². The van der Waals surface area contributed by atoms with Gasteiger partial charge in [-0.05, 0) is 55.7 Å². The summed E-state index contributed by atoms with van der Waals surface area (Å²) < 4.78 is 12.8. The van der Waals surface area contributed by atoms with Crippen molar-refractivity contribution in [2.45, 2.75) is 51.0 Å². The molecule has 0 spiro atoms. The Bertz CT molecular complexity index is 350. The first kappa shape index (κ1) is 12.6. The average Bonchev–Trinajstić information content (AvgIpc) is 2.33. The van der Waals surface area contributed by atoms with Gasteiger partial charge in [-0.15, -0.1) is 0 Å². The molecule has 2 rings (SSSR count). The number of halogens is 1. The van der Waals surface area contributed by atoms with Crippen LogP contribution in [0.2, 0.25) is 0 Å². The molecule has 1 aliphatic rings. The summed E-state index contributed by atoms with van der Waals surface area (Å²) in [4.78, 5) is 0. The third kappa shape index (κ3) is 3.29. The number of rotatable bonds is 3. The van der Waals surface area contributed by atoms with Crippen LogP contribution >= 0.6 is 0 Å². The van der Waals surface area contributed by atoms with Gasteiger partial charge in [0.15, 0.2) is 0 Å². The topological polar surface area (TPSA) is 26.0 Å². The molecule has 0 radical (unpaired) electrons. The van der Waals surface area contributed by atoms with Crippen molar-refractivity contribution in [1.82, 2.24) is 0 Å². The van der Waals surface area contributed by atoms with Gasteiger partial charge in [0.2, 0.25) is 0 Å². The van der Waals surface area contributed by atoms with E-state index in [0.29, 0.717) is 0 Å². The maximum absolute atomic E-state index is 12.8. The molecule has 0 aromatic heterocycles. The first-order valence-electron chi connectivity index (χ1n) is 6.65. The summed E-state index contributed by atoms with van der Waals surface area (Å²) in [6.07, 6.45) is 6.84. The Morgan fingerprint density at radius 2 is 1.82 bits per heavy atom. The molecular weight excluding hydrogens is 213 g/mol. The highest BCUT2D eigenvalue weighted by Crippen LogP contribution is 2.34. The molecule has 1 aromatic rings. The third-order valence-electron chi connectivity index (χ3n) is 4.15. The largest absolute Gasteiger partial charge is 0.325 e. The zero-order valence-corrected chi connectivity index (χ0v) is 10.6. The maximum Gasteiger partial charge on any atom is 0.123 e.